The second-order valence-corrected chi connectivity index (χ2v) is 3.95. The third-order valence-corrected chi connectivity index (χ3v) is 2.75. The van der Waals surface area contributed by atoms with Crippen LogP contribution < -0.4 is 5.32 Å². The first-order valence-corrected chi connectivity index (χ1v) is 5.83. The van der Waals surface area contributed by atoms with E-state index in [2.05, 4.69) is 17.2 Å². The van der Waals surface area contributed by atoms with Gasteiger partial charge < -0.3 is 15.3 Å². The summed E-state index contributed by atoms with van der Waals surface area (Å²) in [5, 5.41) is 11.7. The molecular formula is C12H18N2O3. The van der Waals surface area contributed by atoms with E-state index in [-0.39, 0.29) is 6.03 Å². The molecule has 0 radical (unpaired) electrons. The molecule has 0 bridgehead atoms. The molecule has 0 spiro atoms. The zero-order chi connectivity index (χ0) is 12.7. The number of urea groups is 1. The summed E-state index contributed by atoms with van der Waals surface area (Å²) in [6.45, 7) is 2.72. The summed E-state index contributed by atoms with van der Waals surface area (Å²) in [5.74, 6) is 4.66. The Bertz CT molecular complexity index is 343. The Morgan fingerprint density at radius 2 is 2.24 bits per heavy atom. The van der Waals surface area contributed by atoms with Crippen LogP contribution in [0.2, 0.25) is 0 Å². The third kappa shape index (κ3) is 3.99. The molecule has 5 heteroatoms. The van der Waals surface area contributed by atoms with Gasteiger partial charge in [0.05, 0.1) is 0 Å². The highest BCUT2D eigenvalue weighted by Gasteiger charge is 2.31. The van der Waals surface area contributed by atoms with E-state index < -0.39 is 12.0 Å². The van der Waals surface area contributed by atoms with Gasteiger partial charge in [-0.15, -0.1) is 11.8 Å². The molecule has 5 nitrogen and oxygen atoms in total. The van der Waals surface area contributed by atoms with Crippen LogP contribution in [0.15, 0.2) is 0 Å². The Kier molecular flexibility index (Phi) is 5.34. The molecule has 0 aliphatic carbocycles. The molecule has 1 atom stereocenters. The van der Waals surface area contributed by atoms with Crippen LogP contribution in [-0.4, -0.2) is 41.1 Å². The Morgan fingerprint density at radius 3 is 2.88 bits per heavy atom. The summed E-state index contributed by atoms with van der Waals surface area (Å²) in [7, 11) is 0. The number of piperidine rings is 1. The molecule has 17 heavy (non-hydrogen) atoms. The van der Waals surface area contributed by atoms with Gasteiger partial charge in [0.15, 0.2) is 0 Å². The number of hydrogen-bond donors (Lipinski definition) is 2. The van der Waals surface area contributed by atoms with Crippen LogP contribution in [0.1, 0.15) is 32.6 Å². The number of hydrogen-bond acceptors (Lipinski definition) is 2. The van der Waals surface area contributed by atoms with Crippen molar-refractivity contribution in [2.75, 3.05) is 13.1 Å². The predicted octanol–water partition coefficient (Wildman–Crippen LogP) is 1.05. The lowest BCUT2D eigenvalue weighted by atomic mass is 10.0. The van der Waals surface area contributed by atoms with E-state index in [0.717, 1.165) is 12.8 Å². The van der Waals surface area contributed by atoms with Crippen LogP contribution in [0.4, 0.5) is 4.79 Å². The lowest BCUT2D eigenvalue weighted by Crippen LogP contribution is -2.52. The fraction of sp³-hybridized carbons (Fsp3) is 0.667. The van der Waals surface area contributed by atoms with Crippen molar-refractivity contribution in [1.82, 2.24) is 10.2 Å². The van der Waals surface area contributed by atoms with E-state index in [1.165, 1.54) is 4.90 Å². The van der Waals surface area contributed by atoms with E-state index in [9.17, 15) is 9.59 Å². The summed E-state index contributed by atoms with van der Waals surface area (Å²) >= 11 is 0. The highest BCUT2D eigenvalue weighted by atomic mass is 16.4. The Labute approximate surface area is 101 Å². The number of carboxylic acid groups (broad SMARTS) is 1. The standard InChI is InChI=1S/C12H18N2O3/c1-2-3-5-8-13-12(17)14-9-6-4-7-10(14)11(15)16/h10H,4-9H2,1H3,(H,13,17)(H,15,16). The third-order valence-electron chi connectivity index (χ3n) is 2.75. The molecule has 1 rings (SSSR count). The highest BCUT2D eigenvalue weighted by Crippen LogP contribution is 2.17. The number of amides is 2. The van der Waals surface area contributed by atoms with Crippen molar-refractivity contribution in [1.29, 1.82) is 0 Å². The summed E-state index contributed by atoms with van der Waals surface area (Å²) in [4.78, 5) is 24.2. The molecule has 2 amide bonds. The number of rotatable bonds is 3. The zero-order valence-electron chi connectivity index (χ0n) is 10.0. The van der Waals surface area contributed by atoms with Gasteiger partial charge in [-0.1, -0.05) is 0 Å². The van der Waals surface area contributed by atoms with Crippen molar-refractivity contribution in [2.24, 2.45) is 0 Å². The monoisotopic (exact) mass is 238 g/mol. The minimum atomic E-state index is -0.923. The van der Waals surface area contributed by atoms with Crippen LogP contribution in [-0.2, 0) is 4.79 Å². The van der Waals surface area contributed by atoms with Gasteiger partial charge >= 0.3 is 12.0 Å². The fourth-order valence-electron chi connectivity index (χ4n) is 1.89. The number of nitrogens with zero attached hydrogens (tertiary/aromatic N) is 1. The molecule has 0 saturated carbocycles. The second-order valence-electron chi connectivity index (χ2n) is 3.95. The van der Waals surface area contributed by atoms with Crippen molar-refractivity contribution >= 4 is 12.0 Å². The van der Waals surface area contributed by atoms with Gasteiger partial charge in [-0.3, -0.25) is 0 Å². The fourth-order valence-corrected chi connectivity index (χ4v) is 1.89. The first kappa shape index (κ1) is 13.4. The molecule has 1 unspecified atom stereocenters. The molecule has 0 aromatic heterocycles. The SMILES string of the molecule is CC#CCCNC(=O)N1CCCCC1C(=O)O. The van der Waals surface area contributed by atoms with Crippen LogP contribution in [0, 0.1) is 11.8 Å². The molecule has 1 aliphatic heterocycles. The summed E-state index contributed by atoms with van der Waals surface area (Å²) in [6.07, 6.45) is 2.86. The number of carbonyl (C=O) groups is 2. The maximum absolute atomic E-state index is 11.8. The number of carboxylic acids is 1. The van der Waals surface area contributed by atoms with Crippen LogP contribution in [0.3, 0.4) is 0 Å². The lowest BCUT2D eigenvalue weighted by Gasteiger charge is -2.32. The predicted molar refractivity (Wildman–Crippen MR) is 63.4 cm³/mol. The van der Waals surface area contributed by atoms with Crippen molar-refractivity contribution in [3.8, 4) is 11.8 Å². The first-order valence-electron chi connectivity index (χ1n) is 5.83. The van der Waals surface area contributed by atoms with Crippen molar-refractivity contribution in [2.45, 2.75) is 38.6 Å². The quantitative estimate of drug-likeness (QED) is 0.570. The molecule has 1 saturated heterocycles. The topological polar surface area (TPSA) is 69.6 Å². The highest BCUT2D eigenvalue weighted by molar-refractivity contribution is 5.82. The number of nitrogens with one attached hydrogen (secondary N) is 1. The smallest absolute Gasteiger partial charge is 0.326 e. The number of carbonyl (C=O) groups excluding carboxylic acids is 1. The Hall–Kier alpha value is -1.70. The van der Waals surface area contributed by atoms with Crippen molar-refractivity contribution in [3.05, 3.63) is 0 Å². The average Bonchev–Trinajstić information content (AvgIpc) is 2.34. The first-order chi connectivity index (χ1) is 8.16. The molecule has 0 aromatic rings. The van der Waals surface area contributed by atoms with E-state index in [1.807, 2.05) is 0 Å². The van der Waals surface area contributed by atoms with Crippen molar-refractivity contribution < 1.29 is 14.7 Å². The summed E-state index contributed by atoms with van der Waals surface area (Å²) < 4.78 is 0. The molecule has 94 valence electrons. The van der Waals surface area contributed by atoms with Gasteiger partial charge in [-0.05, 0) is 26.2 Å². The van der Waals surface area contributed by atoms with E-state index in [1.54, 1.807) is 6.92 Å². The van der Waals surface area contributed by atoms with Gasteiger partial charge in [0, 0.05) is 19.5 Å². The van der Waals surface area contributed by atoms with Crippen LogP contribution in [0.25, 0.3) is 0 Å². The van der Waals surface area contributed by atoms with E-state index in [0.29, 0.717) is 25.9 Å². The normalized spacial score (nSPS) is 19.1. The van der Waals surface area contributed by atoms with E-state index >= 15 is 0 Å². The van der Waals surface area contributed by atoms with Crippen LogP contribution >= 0.6 is 0 Å². The van der Waals surface area contributed by atoms with E-state index in [4.69, 9.17) is 5.11 Å². The maximum atomic E-state index is 11.8. The largest absolute Gasteiger partial charge is 0.480 e. The molecule has 2 N–H and O–H groups in total. The molecule has 1 heterocycles. The number of aliphatic carboxylic acids is 1. The van der Waals surface area contributed by atoms with Crippen molar-refractivity contribution in [3.63, 3.8) is 0 Å². The Morgan fingerprint density at radius 1 is 1.47 bits per heavy atom. The van der Waals surface area contributed by atoms with Gasteiger partial charge in [-0.2, -0.15) is 0 Å². The van der Waals surface area contributed by atoms with Gasteiger partial charge in [0.25, 0.3) is 0 Å². The van der Waals surface area contributed by atoms with Gasteiger partial charge in [0.1, 0.15) is 6.04 Å². The molecular weight excluding hydrogens is 220 g/mol. The minimum absolute atomic E-state index is 0.296. The average molecular weight is 238 g/mol. The summed E-state index contributed by atoms with van der Waals surface area (Å²) in [5.41, 5.74) is 0. The minimum Gasteiger partial charge on any atom is -0.480 e. The number of likely N-dealkylation sites (tertiary alicyclic amines) is 1. The van der Waals surface area contributed by atoms with Gasteiger partial charge in [-0.25, -0.2) is 9.59 Å². The molecule has 1 fully saturated rings. The Balaban J connectivity index is 2.46. The molecule has 0 aromatic carbocycles. The second kappa shape index (κ2) is 6.79. The van der Waals surface area contributed by atoms with Crippen LogP contribution in [0.5, 0.6) is 0 Å². The van der Waals surface area contributed by atoms with Gasteiger partial charge in [0.2, 0.25) is 0 Å². The summed E-state index contributed by atoms with van der Waals surface area (Å²) in [6, 6.07) is -0.976. The molecule has 1 aliphatic rings. The lowest BCUT2D eigenvalue weighted by molar-refractivity contribution is -0.143. The zero-order valence-corrected chi connectivity index (χ0v) is 10.0. The maximum Gasteiger partial charge on any atom is 0.326 e.